The normalized spacial score (nSPS) is 25.6. The second kappa shape index (κ2) is 5.76. The molecule has 1 atom stereocenters. The van der Waals surface area contributed by atoms with E-state index in [0.29, 0.717) is 5.56 Å². The zero-order valence-corrected chi connectivity index (χ0v) is 12.2. The van der Waals surface area contributed by atoms with Crippen LogP contribution in [-0.2, 0) is 5.41 Å². The Morgan fingerprint density at radius 1 is 1.05 bits per heavy atom. The van der Waals surface area contributed by atoms with Crippen molar-refractivity contribution in [3.63, 3.8) is 0 Å². The summed E-state index contributed by atoms with van der Waals surface area (Å²) in [4.78, 5) is 0. The lowest BCUT2D eigenvalue weighted by Gasteiger charge is -2.35. The van der Waals surface area contributed by atoms with Crippen LogP contribution in [0.5, 0.6) is 0 Å². The van der Waals surface area contributed by atoms with Crippen molar-refractivity contribution in [1.82, 2.24) is 5.32 Å². The fraction of sp³-hybridized carbons (Fsp3) is 0.333. The van der Waals surface area contributed by atoms with E-state index in [1.165, 1.54) is 6.08 Å². The molecule has 1 aromatic carbocycles. The van der Waals surface area contributed by atoms with Crippen LogP contribution >= 0.6 is 0 Å². The molecule has 1 aromatic rings. The fourth-order valence-electron chi connectivity index (χ4n) is 3.09. The molecule has 116 valence electrons. The molecule has 1 unspecified atom stereocenters. The Bertz CT molecular complexity index is 625. The van der Waals surface area contributed by atoms with Gasteiger partial charge in [0, 0.05) is 6.54 Å². The Balaban J connectivity index is 1.94. The van der Waals surface area contributed by atoms with Crippen molar-refractivity contribution in [2.45, 2.75) is 24.4 Å². The third kappa shape index (κ3) is 2.63. The highest BCUT2D eigenvalue weighted by atomic mass is 19.4. The van der Waals surface area contributed by atoms with E-state index in [4.69, 9.17) is 0 Å². The molecule has 0 bridgehead atoms. The third-order valence-corrected chi connectivity index (χ3v) is 4.42. The van der Waals surface area contributed by atoms with E-state index in [1.54, 1.807) is 42.5 Å². The van der Waals surface area contributed by atoms with Gasteiger partial charge in [-0.2, -0.15) is 13.2 Å². The molecule has 1 aliphatic carbocycles. The molecular formula is C18H18F3N. The monoisotopic (exact) mass is 305 g/mol. The summed E-state index contributed by atoms with van der Waals surface area (Å²) in [6.07, 6.45) is 3.27. The maximum Gasteiger partial charge on any atom is 0.402 e. The van der Waals surface area contributed by atoms with Crippen molar-refractivity contribution in [2.75, 3.05) is 13.1 Å². The Labute approximate surface area is 128 Å². The molecular weight excluding hydrogens is 287 g/mol. The first-order chi connectivity index (χ1) is 10.5. The van der Waals surface area contributed by atoms with Crippen LogP contribution in [0.15, 0.2) is 65.8 Å². The molecule has 22 heavy (non-hydrogen) atoms. The summed E-state index contributed by atoms with van der Waals surface area (Å²) >= 11 is 0. The number of hydrogen-bond acceptors (Lipinski definition) is 1. The van der Waals surface area contributed by atoms with E-state index in [1.807, 2.05) is 0 Å². The van der Waals surface area contributed by atoms with Gasteiger partial charge in [0.15, 0.2) is 0 Å². The summed E-state index contributed by atoms with van der Waals surface area (Å²) in [6, 6.07) is 8.17. The summed E-state index contributed by atoms with van der Waals surface area (Å²) in [7, 11) is 0. The van der Waals surface area contributed by atoms with Crippen LogP contribution in [0.2, 0.25) is 0 Å². The van der Waals surface area contributed by atoms with Crippen LogP contribution in [0.4, 0.5) is 13.2 Å². The minimum Gasteiger partial charge on any atom is -0.313 e. The average molecular weight is 305 g/mol. The maximum atomic E-state index is 13.7. The van der Waals surface area contributed by atoms with Crippen LogP contribution in [0.3, 0.4) is 0 Å². The molecule has 0 saturated heterocycles. The van der Waals surface area contributed by atoms with Gasteiger partial charge >= 0.3 is 6.18 Å². The van der Waals surface area contributed by atoms with Crippen molar-refractivity contribution in [1.29, 1.82) is 0 Å². The molecule has 1 nitrogen and oxygen atoms in total. The molecule has 0 radical (unpaired) electrons. The van der Waals surface area contributed by atoms with Crippen LogP contribution in [0, 0.1) is 0 Å². The van der Waals surface area contributed by atoms with Gasteiger partial charge in [-0.15, -0.1) is 0 Å². The number of alkyl halides is 3. The quantitative estimate of drug-likeness (QED) is 0.859. The van der Waals surface area contributed by atoms with Crippen molar-refractivity contribution in [3.8, 4) is 0 Å². The Kier molecular flexibility index (Phi) is 3.96. The van der Waals surface area contributed by atoms with Crippen molar-refractivity contribution >= 4 is 0 Å². The van der Waals surface area contributed by atoms with E-state index in [2.05, 4.69) is 11.4 Å². The van der Waals surface area contributed by atoms with E-state index in [0.717, 1.165) is 30.7 Å². The topological polar surface area (TPSA) is 12.0 Å². The summed E-state index contributed by atoms with van der Waals surface area (Å²) < 4.78 is 41.2. The van der Waals surface area contributed by atoms with Gasteiger partial charge in [-0.05, 0) is 36.1 Å². The van der Waals surface area contributed by atoms with Gasteiger partial charge < -0.3 is 5.32 Å². The van der Waals surface area contributed by atoms with Crippen LogP contribution in [0.25, 0.3) is 0 Å². The molecule has 1 N–H and O–H groups in total. The third-order valence-electron chi connectivity index (χ3n) is 4.42. The summed E-state index contributed by atoms with van der Waals surface area (Å²) in [5.41, 5.74) is 0.454. The predicted octanol–water partition coefficient (Wildman–Crippen LogP) is 4.29. The highest BCUT2D eigenvalue weighted by Crippen LogP contribution is 2.47. The van der Waals surface area contributed by atoms with E-state index in [9.17, 15) is 13.2 Å². The number of benzene rings is 1. The zero-order chi connectivity index (χ0) is 15.6. The largest absolute Gasteiger partial charge is 0.402 e. The summed E-state index contributed by atoms with van der Waals surface area (Å²) in [6.45, 7) is 1.66. The lowest BCUT2D eigenvalue weighted by molar-refractivity contribution is -0.175. The molecule has 1 aliphatic heterocycles. The minimum absolute atomic E-state index is 0.0445. The van der Waals surface area contributed by atoms with Gasteiger partial charge in [0.25, 0.3) is 0 Å². The van der Waals surface area contributed by atoms with Gasteiger partial charge in [-0.1, -0.05) is 54.6 Å². The van der Waals surface area contributed by atoms with E-state index in [-0.39, 0.29) is 6.42 Å². The molecule has 0 aromatic heterocycles. The van der Waals surface area contributed by atoms with Crippen LogP contribution in [0.1, 0.15) is 18.4 Å². The molecule has 1 heterocycles. The predicted molar refractivity (Wildman–Crippen MR) is 81.6 cm³/mol. The van der Waals surface area contributed by atoms with Gasteiger partial charge in [-0.3, -0.25) is 0 Å². The second-order valence-corrected chi connectivity index (χ2v) is 5.72. The number of allylic oxidation sites excluding steroid dienone is 4. The first-order valence-electron chi connectivity index (χ1n) is 7.45. The summed E-state index contributed by atoms with van der Waals surface area (Å²) in [5.74, 6) is 0. The standard InChI is InChI=1S/C18H18F3N/c19-18(20,21)17(16-4-2-1-3-5-16)10-6-14(7-11-17)15-8-12-22-13-9-15/h1-8,10,22H,9,11-13H2. The number of hydrogen-bond donors (Lipinski definition) is 1. The van der Waals surface area contributed by atoms with Crippen LogP contribution < -0.4 is 5.32 Å². The molecule has 0 saturated carbocycles. The van der Waals surface area contributed by atoms with E-state index >= 15 is 0 Å². The van der Waals surface area contributed by atoms with Gasteiger partial charge in [0.2, 0.25) is 0 Å². The minimum atomic E-state index is -4.31. The Morgan fingerprint density at radius 3 is 2.36 bits per heavy atom. The highest BCUT2D eigenvalue weighted by Gasteiger charge is 2.54. The first kappa shape index (κ1) is 15.1. The van der Waals surface area contributed by atoms with E-state index < -0.39 is 11.6 Å². The Morgan fingerprint density at radius 2 is 1.82 bits per heavy atom. The Hall–Kier alpha value is -1.81. The van der Waals surface area contributed by atoms with Crippen molar-refractivity contribution < 1.29 is 13.2 Å². The second-order valence-electron chi connectivity index (χ2n) is 5.72. The molecule has 0 amide bonds. The lowest BCUT2D eigenvalue weighted by Crippen LogP contribution is -2.41. The molecule has 4 heteroatoms. The molecule has 0 spiro atoms. The number of nitrogens with one attached hydrogen (secondary N) is 1. The van der Waals surface area contributed by atoms with Gasteiger partial charge in [0.05, 0.1) is 0 Å². The van der Waals surface area contributed by atoms with Crippen molar-refractivity contribution in [2.24, 2.45) is 0 Å². The van der Waals surface area contributed by atoms with Crippen molar-refractivity contribution in [3.05, 3.63) is 71.3 Å². The lowest BCUT2D eigenvalue weighted by atomic mass is 9.73. The van der Waals surface area contributed by atoms with Gasteiger partial charge in [-0.25, -0.2) is 0 Å². The number of rotatable bonds is 2. The average Bonchev–Trinajstić information content (AvgIpc) is 2.55. The molecule has 3 rings (SSSR count). The summed E-state index contributed by atoms with van der Waals surface area (Å²) in [5, 5.41) is 3.21. The number of halogens is 3. The smallest absolute Gasteiger partial charge is 0.313 e. The maximum absolute atomic E-state index is 13.7. The highest BCUT2D eigenvalue weighted by molar-refractivity contribution is 5.48. The molecule has 2 aliphatic rings. The first-order valence-corrected chi connectivity index (χ1v) is 7.45. The van der Waals surface area contributed by atoms with Gasteiger partial charge in [0.1, 0.15) is 5.41 Å². The molecule has 0 fully saturated rings. The SMILES string of the molecule is FC(F)(F)C1(c2ccccc2)C=CC(C2=CCNCC2)=CC1. The fourth-order valence-corrected chi connectivity index (χ4v) is 3.09. The zero-order valence-electron chi connectivity index (χ0n) is 12.2. The van der Waals surface area contributed by atoms with Crippen LogP contribution in [-0.4, -0.2) is 19.3 Å².